The van der Waals surface area contributed by atoms with E-state index < -0.39 is 5.60 Å². The van der Waals surface area contributed by atoms with Crippen LogP contribution in [0.2, 0.25) is 0 Å². The second-order valence-corrected chi connectivity index (χ2v) is 26.3. The number of aromatic hydroxyl groups is 1. The number of aryl methyl sites for hydroxylation is 3. The lowest BCUT2D eigenvalue weighted by atomic mass is 9.70. The fourth-order valence-electron chi connectivity index (χ4n) is 10.3. The molecule has 0 amide bonds. The van der Waals surface area contributed by atoms with Gasteiger partial charge >= 0.3 is 0 Å². The Morgan fingerprint density at radius 3 is 1.44 bits per heavy atom. The summed E-state index contributed by atoms with van der Waals surface area (Å²) in [4.78, 5) is 2.28. The number of hydrogen-bond donors (Lipinski definition) is 1. The van der Waals surface area contributed by atoms with E-state index in [4.69, 9.17) is 9.47 Å². The van der Waals surface area contributed by atoms with E-state index in [0.717, 1.165) is 80.1 Å². The fourth-order valence-corrected chi connectivity index (χ4v) is 10.3. The maximum atomic E-state index is 13.2. The van der Waals surface area contributed by atoms with Crippen LogP contribution in [-0.2, 0) is 32.7 Å². The SMILES string of the molecule is Cc1cc(-c2cc(C)cc(-c3cc(C)cc4c3OC(C)(C)c3cc(C(C)(C)C)cc(C(C)(C)C)c3-4)c2OCCCN(C)c2ccccc2)c(O)c(-c2c(C(C)(C)C)cc(C(C)(C)C)cc2C(C)(C)C)c1. The Hall–Kier alpha value is -5.48. The van der Waals surface area contributed by atoms with Gasteiger partial charge in [-0.1, -0.05) is 146 Å². The predicted octanol–water partition coefficient (Wildman–Crippen LogP) is 18.0. The smallest absolute Gasteiger partial charge is 0.136 e. The molecule has 6 aromatic carbocycles. The van der Waals surface area contributed by atoms with E-state index in [1.807, 2.05) is 0 Å². The molecule has 0 bridgehead atoms. The molecule has 0 radical (unpaired) electrons. The third-order valence-corrected chi connectivity index (χ3v) is 14.4. The molecular weight excluding hydrogens is 855 g/mol. The van der Waals surface area contributed by atoms with Gasteiger partial charge in [-0.3, -0.25) is 0 Å². The van der Waals surface area contributed by atoms with E-state index >= 15 is 0 Å². The zero-order valence-electron chi connectivity index (χ0n) is 47.0. The number of rotatable bonds is 9. The highest BCUT2D eigenvalue weighted by molar-refractivity contribution is 5.95. The molecule has 0 unspecified atom stereocenters. The molecule has 7 rings (SSSR count). The summed E-state index contributed by atoms with van der Waals surface area (Å²) < 4.78 is 14.7. The standard InChI is InChI=1S/C66H85NO3/c1-40-30-46(58(68)50(34-40)56-52(63(10,11)12)36-43(61(4,5)6)37-53(56)64(13,14)15)47-31-41(2)32-48(59(47)69-29-25-28-67(21)45-26-23-22-24-27-45)49-33-42(3)35-51-57-54(65(16,17)18)38-44(62(7,8)9)39-55(57)66(19,20)70-60(49)51/h22-24,26-27,30-39,68H,25,28-29H2,1-21H3. The maximum Gasteiger partial charge on any atom is 0.136 e. The van der Waals surface area contributed by atoms with Crippen LogP contribution in [0.3, 0.4) is 0 Å². The molecule has 6 aromatic rings. The first-order valence-electron chi connectivity index (χ1n) is 25.8. The zero-order chi connectivity index (χ0) is 51.8. The molecule has 0 aliphatic carbocycles. The molecule has 1 aliphatic rings. The fraction of sp³-hybridized carbons (Fsp3) is 0.455. The number of para-hydroxylation sites is 1. The molecule has 0 aromatic heterocycles. The largest absolute Gasteiger partial charge is 0.507 e. The van der Waals surface area contributed by atoms with Crippen molar-refractivity contribution in [1.29, 1.82) is 0 Å². The van der Waals surface area contributed by atoms with Crippen molar-refractivity contribution in [3.8, 4) is 61.8 Å². The van der Waals surface area contributed by atoms with Crippen molar-refractivity contribution >= 4 is 5.69 Å². The summed E-state index contributed by atoms with van der Waals surface area (Å²) in [6.07, 6.45) is 0.793. The third kappa shape index (κ3) is 10.4. The van der Waals surface area contributed by atoms with Crippen LogP contribution in [0.1, 0.15) is 174 Å². The average Bonchev–Trinajstić information content (AvgIpc) is 3.23. The summed E-state index contributed by atoms with van der Waals surface area (Å²) in [5, 5.41) is 13.2. The summed E-state index contributed by atoms with van der Waals surface area (Å²) in [6, 6.07) is 33.6. The van der Waals surface area contributed by atoms with Crippen LogP contribution in [0.25, 0.3) is 44.5 Å². The molecule has 372 valence electrons. The van der Waals surface area contributed by atoms with E-state index in [1.165, 1.54) is 44.6 Å². The van der Waals surface area contributed by atoms with Crippen LogP contribution in [0.5, 0.6) is 17.2 Å². The molecule has 1 aliphatic heterocycles. The van der Waals surface area contributed by atoms with Gasteiger partial charge in [0.1, 0.15) is 22.8 Å². The van der Waals surface area contributed by atoms with E-state index in [0.29, 0.717) is 6.61 Å². The van der Waals surface area contributed by atoms with Crippen molar-refractivity contribution in [1.82, 2.24) is 0 Å². The average molecular weight is 940 g/mol. The Morgan fingerprint density at radius 2 is 0.943 bits per heavy atom. The lowest BCUT2D eigenvalue weighted by Gasteiger charge is -2.40. The number of nitrogens with zero attached hydrogens (tertiary/aromatic N) is 1. The van der Waals surface area contributed by atoms with E-state index in [1.54, 1.807) is 0 Å². The summed E-state index contributed by atoms with van der Waals surface area (Å²) in [5.41, 5.74) is 18.7. The Bertz CT molecular complexity index is 2880. The highest BCUT2D eigenvalue weighted by Gasteiger charge is 2.40. The maximum absolute atomic E-state index is 13.2. The molecule has 1 N–H and O–H groups in total. The van der Waals surface area contributed by atoms with E-state index in [-0.39, 0.29) is 32.8 Å². The first kappa shape index (κ1) is 52.3. The number of fused-ring (bicyclic) bond motifs is 3. The van der Waals surface area contributed by atoms with Gasteiger partial charge in [0.05, 0.1) is 6.61 Å². The Kier molecular flexibility index (Phi) is 13.7. The van der Waals surface area contributed by atoms with Crippen LogP contribution >= 0.6 is 0 Å². The van der Waals surface area contributed by atoms with Crippen LogP contribution in [0.15, 0.2) is 91.0 Å². The van der Waals surface area contributed by atoms with Gasteiger partial charge in [-0.25, -0.2) is 0 Å². The van der Waals surface area contributed by atoms with Crippen LogP contribution < -0.4 is 14.4 Å². The molecule has 4 heteroatoms. The van der Waals surface area contributed by atoms with E-state index in [2.05, 4.69) is 241 Å². The summed E-state index contributed by atoms with van der Waals surface area (Å²) in [6.45, 7) is 46.8. The zero-order valence-corrected chi connectivity index (χ0v) is 47.0. The topological polar surface area (TPSA) is 41.9 Å². The second-order valence-electron chi connectivity index (χ2n) is 26.3. The van der Waals surface area contributed by atoms with Gasteiger partial charge in [-0.15, -0.1) is 0 Å². The first-order valence-corrected chi connectivity index (χ1v) is 25.8. The molecule has 0 saturated heterocycles. The van der Waals surface area contributed by atoms with Gasteiger partial charge in [-0.05, 0) is 172 Å². The number of phenolic OH excluding ortho intramolecular Hbond substituents is 1. The normalized spacial score (nSPS) is 14.0. The van der Waals surface area contributed by atoms with Crippen LogP contribution in [0, 0.1) is 20.8 Å². The van der Waals surface area contributed by atoms with Crippen molar-refractivity contribution in [2.75, 3.05) is 25.1 Å². The summed E-state index contributed by atoms with van der Waals surface area (Å²) in [5.74, 6) is 1.87. The van der Waals surface area contributed by atoms with Gasteiger partial charge in [-0.2, -0.15) is 0 Å². The molecule has 0 spiro atoms. The number of hydrogen-bond acceptors (Lipinski definition) is 4. The molecule has 0 atom stereocenters. The lowest BCUT2D eigenvalue weighted by Crippen LogP contribution is -2.32. The molecule has 0 saturated carbocycles. The van der Waals surface area contributed by atoms with Gasteiger partial charge in [0.2, 0.25) is 0 Å². The van der Waals surface area contributed by atoms with Crippen LogP contribution in [0.4, 0.5) is 5.69 Å². The minimum atomic E-state index is -0.634. The minimum absolute atomic E-state index is 0.0387. The minimum Gasteiger partial charge on any atom is -0.507 e. The van der Waals surface area contributed by atoms with Crippen LogP contribution in [-0.4, -0.2) is 25.3 Å². The number of anilines is 1. The molecular formula is C66H85NO3. The number of benzene rings is 6. The molecule has 1 heterocycles. The first-order chi connectivity index (χ1) is 32.2. The molecule has 0 fully saturated rings. The highest BCUT2D eigenvalue weighted by atomic mass is 16.5. The highest BCUT2D eigenvalue weighted by Crippen LogP contribution is 2.57. The van der Waals surface area contributed by atoms with Crippen molar-refractivity contribution in [2.24, 2.45) is 0 Å². The van der Waals surface area contributed by atoms with E-state index in [9.17, 15) is 5.11 Å². The lowest BCUT2D eigenvalue weighted by molar-refractivity contribution is 0.106. The Labute approximate surface area is 423 Å². The molecule has 4 nitrogen and oxygen atoms in total. The molecule has 70 heavy (non-hydrogen) atoms. The third-order valence-electron chi connectivity index (χ3n) is 14.4. The summed E-state index contributed by atoms with van der Waals surface area (Å²) in [7, 11) is 2.14. The number of phenols is 1. The second kappa shape index (κ2) is 18.3. The Morgan fingerprint density at radius 1 is 0.514 bits per heavy atom. The Balaban J connectivity index is 1.53. The van der Waals surface area contributed by atoms with Gasteiger partial charge in [0, 0.05) is 58.2 Å². The summed E-state index contributed by atoms with van der Waals surface area (Å²) >= 11 is 0. The van der Waals surface area contributed by atoms with Crippen molar-refractivity contribution < 1.29 is 14.6 Å². The number of ether oxygens (including phenoxy) is 2. The van der Waals surface area contributed by atoms with Crippen molar-refractivity contribution in [3.63, 3.8) is 0 Å². The van der Waals surface area contributed by atoms with Crippen molar-refractivity contribution in [3.05, 3.63) is 141 Å². The quantitative estimate of drug-likeness (QED) is 0.147. The monoisotopic (exact) mass is 940 g/mol. The van der Waals surface area contributed by atoms with Gasteiger partial charge in [0.15, 0.2) is 0 Å². The van der Waals surface area contributed by atoms with Gasteiger partial charge in [0.25, 0.3) is 0 Å². The van der Waals surface area contributed by atoms with Crippen molar-refractivity contribution in [2.45, 2.75) is 178 Å². The predicted molar refractivity (Wildman–Crippen MR) is 301 cm³/mol. The van der Waals surface area contributed by atoms with Gasteiger partial charge < -0.3 is 19.5 Å².